The molecule has 0 fully saturated rings. The Bertz CT molecular complexity index is 778. The molecule has 2 aliphatic heterocycles. The van der Waals surface area contributed by atoms with Gasteiger partial charge >= 0.3 is 0 Å². The van der Waals surface area contributed by atoms with E-state index in [2.05, 4.69) is 6.07 Å². The summed E-state index contributed by atoms with van der Waals surface area (Å²) < 4.78 is 17.6. The molecule has 2 aromatic carbocycles. The van der Waals surface area contributed by atoms with E-state index in [1.54, 1.807) is 0 Å². The van der Waals surface area contributed by atoms with Crippen molar-refractivity contribution in [2.45, 2.75) is 18.9 Å². The molecule has 0 saturated carbocycles. The Labute approximate surface area is 128 Å². The van der Waals surface area contributed by atoms with E-state index in [1.165, 1.54) is 5.56 Å². The Kier molecular flexibility index (Phi) is 2.93. The molecule has 4 nitrogen and oxygen atoms in total. The number of rotatable bonds is 2. The van der Waals surface area contributed by atoms with Crippen molar-refractivity contribution in [3.8, 4) is 23.3 Å². The topological polar surface area (TPSA) is 51.5 Å². The van der Waals surface area contributed by atoms with Crippen molar-refractivity contribution < 1.29 is 14.2 Å². The fourth-order valence-electron chi connectivity index (χ4n) is 3.28. The Hall–Kier alpha value is -2.67. The first-order valence-corrected chi connectivity index (χ1v) is 7.31. The molecule has 0 amide bonds. The first kappa shape index (κ1) is 13.0. The van der Waals surface area contributed by atoms with Crippen LogP contribution in [0.5, 0.6) is 17.2 Å². The van der Waals surface area contributed by atoms with Crippen molar-refractivity contribution in [3.63, 3.8) is 0 Å². The van der Waals surface area contributed by atoms with Gasteiger partial charge in [0.2, 0.25) is 0 Å². The van der Waals surface area contributed by atoms with Crippen LogP contribution >= 0.6 is 0 Å². The lowest BCUT2D eigenvalue weighted by molar-refractivity contribution is 0.138. The third-order valence-electron chi connectivity index (χ3n) is 4.33. The largest absolute Gasteiger partial charge is 0.492 e. The average molecular weight is 293 g/mol. The molecule has 22 heavy (non-hydrogen) atoms. The average Bonchev–Trinajstić information content (AvgIpc) is 2.93. The molecule has 2 aromatic rings. The normalized spacial score (nSPS) is 20.7. The van der Waals surface area contributed by atoms with Crippen LogP contribution in [0.4, 0.5) is 0 Å². The van der Waals surface area contributed by atoms with E-state index in [0.29, 0.717) is 12.4 Å². The van der Waals surface area contributed by atoms with Crippen molar-refractivity contribution in [2.75, 3.05) is 13.2 Å². The van der Waals surface area contributed by atoms with E-state index in [9.17, 15) is 0 Å². The maximum atomic E-state index is 8.65. The maximum Gasteiger partial charge on any atom is 0.174 e. The molecular formula is C18H15NO3. The van der Waals surface area contributed by atoms with Crippen LogP contribution in [0.3, 0.4) is 0 Å². The van der Waals surface area contributed by atoms with Crippen molar-refractivity contribution in [2.24, 2.45) is 0 Å². The smallest absolute Gasteiger partial charge is 0.174 e. The lowest BCUT2D eigenvalue weighted by Gasteiger charge is -2.29. The zero-order chi connectivity index (χ0) is 15.1. The number of fused-ring (bicyclic) bond motifs is 5. The minimum Gasteiger partial charge on any atom is -0.492 e. The van der Waals surface area contributed by atoms with E-state index in [0.717, 1.165) is 22.6 Å². The van der Waals surface area contributed by atoms with Gasteiger partial charge < -0.3 is 14.2 Å². The molecule has 0 unspecified atom stereocenters. The van der Waals surface area contributed by atoms with E-state index in [1.807, 2.05) is 43.3 Å². The second-order valence-corrected chi connectivity index (χ2v) is 5.55. The second kappa shape index (κ2) is 4.96. The van der Waals surface area contributed by atoms with Gasteiger partial charge in [-0.3, -0.25) is 0 Å². The molecular weight excluding hydrogens is 278 g/mol. The van der Waals surface area contributed by atoms with Crippen LogP contribution in [-0.2, 0) is 0 Å². The van der Waals surface area contributed by atoms with Crippen LogP contribution in [0, 0.1) is 18.3 Å². The fourth-order valence-corrected chi connectivity index (χ4v) is 3.28. The van der Waals surface area contributed by atoms with Crippen molar-refractivity contribution in [3.05, 3.63) is 53.1 Å². The van der Waals surface area contributed by atoms with Crippen molar-refractivity contribution >= 4 is 0 Å². The summed E-state index contributed by atoms with van der Waals surface area (Å²) in [5.74, 6) is 2.68. The zero-order valence-electron chi connectivity index (χ0n) is 12.2. The Morgan fingerprint density at radius 3 is 2.95 bits per heavy atom. The molecule has 0 aliphatic carbocycles. The molecule has 2 atom stereocenters. The number of nitriles is 1. The quantitative estimate of drug-likeness (QED) is 0.850. The number of ether oxygens (including phenoxy) is 3. The molecule has 110 valence electrons. The van der Waals surface area contributed by atoms with E-state index in [4.69, 9.17) is 19.5 Å². The molecule has 4 rings (SSSR count). The van der Waals surface area contributed by atoms with Crippen LogP contribution in [0.2, 0.25) is 0 Å². The standard InChI is InChI=1S/C18H15NO3/c1-11-15(20-9-8-19)7-6-13-17(11)21-10-14-12-4-2-3-5-16(12)22-18(13)14/h2-7,14,18H,9-10H2,1H3/t14-,18-/m1/s1. The zero-order valence-corrected chi connectivity index (χ0v) is 12.2. The summed E-state index contributed by atoms with van der Waals surface area (Å²) in [5.41, 5.74) is 3.18. The van der Waals surface area contributed by atoms with E-state index >= 15 is 0 Å². The number of benzene rings is 2. The first-order valence-electron chi connectivity index (χ1n) is 7.31. The highest BCUT2D eigenvalue weighted by Gasteiger charge is 2.41. The molecule has 0 radical (unpaired) electrons. The van der Waals surface area contributed by atoms with Gasteiger partial charge in [0, 0.05) is 16.7 Å². The summed E-state index contributed by atoms with van der Waals surface area (Å²) in [6.45, 7) is 2.58. The summed E-state index contributed by atoms with van der Waals surface area (Å²) >= 11 is 0. The highest BCUT2D eigenvalue weighted by atomic mass is 16.5. The van der Waals surface area contributed by atoms with Gasteiger partial charge in [0.05, 0.1) is 12.5 Å². The second-order valence-electron chi connectivity index (χ2n) is 5.55. The number of nitrogens with zero attached hydrogens (tertiary/aromatic N) is 1. The predicted octanol–water partition coefficient (Wildman–Crippen LogP) is 3.51. The summed E-state index contributed by atoms with van der Waals surface area (Å²) in [5, 5.41) is 8.65. The van der Waals surface area contributed by atoms with Gasteiger partial charge in [-0.25, -0.2) is 0 Å². The lowest BCUT2D eigenvalue weighted by Crippen LogP contribution is -2.23. The van der Waals surface area contributed by atoms with Crippen LogP contribution in [-0.4, -0.2) is 13.2 Å². The lowest BCUT2D eigenvalue weighted by atomic mass is 9.88. The number of hydrogen-bond donors (Lipinski definition) is 0. The van der Waals surface area contributed by atoms with Crippen molar-refractivity contribution in [1.29, 1.82) is 5.26 Å². The van der Waals surface area contributed by atoms with Crippen molar-refractivity contribution in [1.82, 2.24) is 0 Å². The fraction of sp³-hybridized carbons (Fsp3) is 0.278. The van der Waals surface area contributed by atoms with Crippen LogP contribution in [0.1, 0.15) is 28.7 Å². The molecule has 0 aromatic heterocycles. The monoisotopic (exact) mass is 293 g/mol. The SMILES string of the molecule is Cc1c(OCC#N)ccc2c1OC[C@@H]1c3ccccc3O[C@H]21. The molecule has 2 heterocycles. The summed E-state index contributed by atoms with van der Waals surface area (Å²) in [4.78, 5) is 0. The molecule has 4 heteroatoms. The van der Waals surface area contributed by atoms with Gasteiger partial charge in [-0.15, -0.1) is 0 Å². The predicted molar refractivity (Wildman–Crippen MR) is 80.3 cm³/mol. The number of hydrogen-bond acceptors (Lipinski definition) is 4. The van der Waals surface area contributed by atoms with Gasteiger partial charge in [0.15, 0.2) is 6.61 Å². The molecule has 0 bridgehead atoms. The van der Waals surface area contributed by atoms with Gasteiger partial charge in [0.25, 0.3) is 0 Å². The Morgan fingerprint density at radius 2 is 2.09 bits per heavy atom. The molecule has 2 aliphatic rings. The van der Waals surface area contributed by atoms with Crippen LogP contribution in [0.25, 0.3) is 0 Å². The van der Waals surface area contributed by atoms with Gasteiger partial charge in [0.1, 0.15) is 29.4 Å². The van der Waals surface area contributed by atoms with Crippen LogP contribution < -0.4 is 14.2 Å². The minimum absolute atomic E-state index is 0.00938. The maximum absolute atomic E-state index is 8.65. The summed E-state index contributed by atoms with van der Waals surface area (Å²) in [7, 11) is 0. The van der Waals surface area contributed by atoms with E-state index < -0.39 is 0 Å². The minimum atomic E-state index is -0.00938. The summed E-state index contributed by atoms with van der Waals surface area (Å²) in [6.07, 6.45) is -0.00938. The Morgan fingerprint density at radius 1 is 1.23 bits per heavy atom. The van der Waals surface area contributed by atoms with Gasteiger partial charge in [-0.1, -0.05) is 18.2 Å². The van der Waals surface area contributed by atoms with Crippen LogP contribution in [0.15, 0.2) is 36.4 Å². The van der Waals surface area contributed by atoms with Gasteiger partial charge in [-0.05, 0) is 25.1 Å². The van der Waals surface area contributed by atoms with E-state index in [-0.39, 0.29) is 18.6 Å². The number of para-hydroxylation sites is 1. The molecule has 0 spiro atoms. The Balaban J connectivity index is 1.73. The molecule has 0 saturated heterocycles. The first-order chi connectivity index (χ1) is 10.8. The van der Waals surface area contributed by atoms with Gasteiger partial charge in [-0.2, -0.15) is 5.26 Å². The highest BCUT2D eigenvalue weighted by Crippen LogP contribution is 2.52. The summed E-state index contributed by atoms with van der Waals surface area (Å²) in [6, 6.07) is 14.0. The third kappa shape index (κ3) is 1.82. The third-order valence-corrected chi connectivity index (χ3v) is 4.33. The molecule has 0 N–H and O–H groups in total. The highest BCUT2D eigenvalue weighted by molar-refractivity contribution is 5.55.